The highest BCUT2D eigenvalue weighted by molar-refractivity contribution is 5.88. The van der Waals surface area contributed by atoms with Crippen LogP contribution in [0.3, 0.4) is 0 Å². The molecular weight excluding hydrogens is 993 g/mol. The molecule has 1 aromatic carbocycles. The third-order valence-electron chi connectivity index (χ3n) is 9.32. The van der Waals surface area contributed by atoms with Gasteiger partial charge in [-0.05, 0) is 195 Å². The van der Waals surface area contributed by atoms with Crippen molar-refractivity contribution in [3.63, 3.8) is 0 Å². The number of amides is 4. The maximum atomic E-state index is 13.0. The van der Waals surface area contributed by atoms with Gasteiger partial charge in [-0.2, -0.15) is 0 Å². The number of hydrogen-bond acceptors (Lipinski definition) is 16. The van der Waals surface area contributed by atoms with Gasteiger partial charge in [0.25, 0.3) is 0 Å². The van der Waals surface area contributed by atoms with Crippen molar-refractivity contribution in [2.45, 2.75) is 267 Å². The molecule has 0 saturated heterocycles. The Balaban J connectivity index is 0. The zero-order valence-electron chi connectivity index (χ0n) is 50.7. The van der Waals surface area contributed by atoms with Crippen LogP contribution in [-0.2, 0) is 63.7 Å². The second-order valence-electron chi connectivity index (χ2n) is 24.3. The number of nitrogens with two attached hydrogens (primary N) is 1. The number of ether oxygens (including phenoxy) is 6. The molecule has 0 unspecified atom stereocenters. The van der Waals surface area contributed by atoms with E-state index < -0.39 is 106 Å². The molecule has 0 aliphatic rings. The van der Waals surface area contributed by atoms with Gasteiger partial charge in [0.1, 0.15) is 57.8 Å². The van der Waals surface area contributed by atoms with Crippen molar-refractivity contribution < 1.29 is 66.8 Å². The molecule has 444 valence electrons. The summed E-state index contributed by atoms with van der Waals surface area (Å²) in [5.41, 5.74) is 2.31. The van der Waals surface area contributed by atoms with Crippen LogP contribution < -0.4 is 32.3 Å². The smallest absolute Gasteiger partial charge is 0.329 e. The fraction of sp³-hybridized carbons (Fsp3) is 0.754. The number of nitrogens with one attached hydrogen (secondary N) is 5. The molecule has 4 amide bonds. The molecule has 0 fully saturated rings. The van der Waals surface area contributed by atoms with Crippen molar-refractivity contribution in [2.24, 2.45) is 5.73 Å². The fourth-order valence-electron chi connectivity index (χ4n) is 6.43. The van der Waals surface area contributed by atoms with Crippen LogP contribution in [0.4, 0.5) is 9.59 Å². The molecule has 1 aromatic rings. The molecule has 77 heavy (non-hydrogen) atoms. The third-order valence-corrected chi connectivity index (χ3v) is 9.32. The van der Waals surface area contributed by atoms with E-state index >= 15 is 0 Å². The van der Waals surface area contributed by atoms with Crippen molar-refractivity contribution >= 4 is 47.9 Å². The normalized spacial score (nSPS) is 13.4. The van der Waals surface area contributed by atoms with Gasteiger partial charge in [0.2, 0.25) is 0 Å². The highest BCUT2D eigenvalue weighted by atomic mass is 16.6. The lowest BCUT2D eigenvalue weighted by atomic mass is 10.1. The van der Waals surface area contributed by atoms with Crippen LogP contribution in [0.25, 0.3) is 0 Å². The zero-order valence-corrected chi connectivity index (χ0v) is 50.7. The molecule has 0 saturated carbocycles. The summed E-state index contributed by atoms with van der Waals surface area (Å²) in [6.07, 6.45) is 3.14. The van der Waals surface area contributed by atoms with Gasteiger partial charge in [0, 0.05) is 19.4 Å². The highest BCUT2D eigenvalue weighted by Crippen LogP contribution is 2.18. The van der Waals surface area contributed by atoms with E-state index in [1.165, 1.54) is 5.56 Å². The summed E-state index contributed by atoms with van der Waals surface area (Å²) in [5, 5.41) is 13.7. The summed E-state index contributed by atoms with van der Waals surface area (Å²) >= 11 is 0. The van der Waals surface area contributed by atoms with E-state index in [-0.39, 0.29) is 25.7 Å². The number of unbranched alkanes of at least 4 members (excludes halogenated alkanes) is 2. The molecular formula is C57H102N6O14. The van der Waals surface area contributed by atoms with Crippen LogP contribution in [-0.4, -0.2) is 119 Å². The molecule has 0 aromatic heterocycles. The Labute approximate surface area is 461 Å². The molecule has 20 nitrogen and oxygen atoms in total. The predicted molar refractivity (Wildman–Crippen MR) is 298 cm³/mol. The van der Waals surface area contributed by atoms with Crippen molar-refractivity contribution in [2.75, 3.05) is 13.1 Å². The maximum absolute atomic E-state index is 13.0. The first-order chi connectivity index (χ1) is 35.2. The predicted octanol–water partition coefficient (Wildman–Crippen LogP) is 8.77. The Morgan fingerprint density at radius 3 is 0.987 bits per heavy atom. The number of urea groups is 2. The lowest BCUT2D eigenvalue weighted by Gasteiger charge is -2.27. The molecule has 0 aliphatic carbocycles. The summed E-state index contributed by atoms with van der Waals surface area (Å²) in [6.45, 7) is 37.1. The number of carbonyl (C=O) groups excluding carboxylic acids is 8. The van der Waals surface area contributed by atoms with Crippen LogP contribution in [0.5, 0.6) is 0 Å². The van der Waals surface area contributed by atoms with E-state index in [0.29, 0.717) is 38.6 Å². The number of esters is 6. The number of rotatable bonds is 25. The van der Waals surface area contributed by atoms with Crippen LogP contribution in [0.2, 0.25) is 0 Å². The first-order valence-electron chi connectivity index (χ1n) is 27.1. The number of carbonyl (C=O) groups is 8. The quantitative estimate of drug-likeness (QED) is 0.0303. The van der Waals surface area contributed by atoms with E-state index in [1.54, 1.807) is 125 Å². The monoisotopic (exact) mass is 1090 g/mol. The second kappa shape index (κ2) is 35.1. The highest BCUT2D eigenvalue weighted by Gasteiger charge is 2.33. The molecule has 0 spiro atoms. The molecule has 20 heteroatoms. The number of benzene rings is 1. The molecule has 7 N–H and O–H groups in total. The summed E-state index contributed by atoms with van der Waals surface area (Å²) in [6, 6.07) is 4.49. The molecule has 4 atom stereocenters. The first kappa shape index (κ1) is 73.6. The first-order valence-corrected chi connectivity index (χ1v) is 27.1. The summed E-state index contributed by atoms with van der Waals surface area (Å²) < 4.78 is 32.4. The molecule has 1 rings (SSSR count). The van der Waals surface area contributed by atoms with Gasteiger partial charge in [0.15, 0.2) is 0 Å². The number of hydrogen-bond donors (Lipinski definition) is 6. The average molecular weight is 1100 g/mol. The van der Waals surface area contributed by atoms with Crippen molar-refractivity contribution in [3.8, 4) is 0 Å². The standard InChI is InChI=1S/C31H51N3O7.C24H45N3O7.C2H6/c1-29(2,3)39-25(35)19-18-24(27(37)41-31(7,8)9)34-28(38)33-23(26(36)40-30(4,5)6)17-13-14-20-32-21-22-15-11-10-12-16-22;1-22(2,3)32-18(28)14-13-17(20(30)34-24(7,8)9)27-21(31)26-16(12-10-11-15-25)19(29)33-23(4,5)6;1-2/h10-12,15-16,23-24,32H,13-14,17-21H2,1-9H3,(H2,33,34,38);16-17H,10-15,25H2,1-9H3,(H2,26,27,31);1-2H3/t23-,24-;16-,17-;/m00./s1. The van der Waals surface area contributed by atoms with Gasteiger partial charge in [-0.1, -0.05) is 44.2 Å². The van der Waals surface area contributed by atoms with Crippen LogP contribution in [0.1, 0.15) is 208 Å². The van der Waals surface area contributed by atoms with Crippen molar-refractivity contribution in [1.82, 2.24) is 26.6 Å². The van der Waals surface area contributed by atoms with E-state index in [2.05, 4.69) is 26.6 Å². The topological polar surface area (TPSA) is 278 Å². The minimum atomic E-state index is -1.12. The van der Waals surface area contributed by atoms with Crippen molar-refractivity contribution in [3.05, 3.63) is 35.9 Å². The Bertz CT molecular complexity index is 1940. The van der Waals surface area contributed by atoms with E-state index in [4.69, 9.17) is 34.2 Å². The summed E-state index contributed by atoms with van der Waals surface area (Å²) in [4.78, 5) is 101. The van der Waals surface area contributed by atoms with Gasteiger partial charge in [0.05, 0.1) is 0 Å². The Morgan fingerprint density at radius 1 is 0.416 bits per heavy atom. The van der Waals surface area contributed by atoms with E-state index in [1.807, 2.05) is 44.2 Å². The van der Waals surface area contributed by atoms with Gasteiger partial charge >= 0.3 is 47.9 Å². The minimum Gasteiger partial charge on any atom is -0.460 e. The maximum Gasteiger partial charge on any atom is 0.329 e. The largest absolute Gasteiger partial charge is 0.460 e. The zero-order chi connectivity index (χ0) is 60.0. The second-order valence-corrected chi connectivity index (χ2v) is 24.3. The van der Waals surface area contributed by atoms with Gasteiger partial charge in [-0.3, -0.25) is 9.59 Å². The molecule has 0 heterocycles. The van der Waals surface area contributed by atoms with E-state index in [0.717, 1.165) is 19.5 Å². The third kappa shape index (κ3) is 42.2. The lowest BCUT2D eigenvalue weighted by molar-refractivity contribution is -0.160. The molecule has 0 bridgehead atoms. The summed E-state index contributed by atoms with van der Waals surface area (Å²) in [7, 11) is 0. The Kier molecular flexibility index (Phi) is 33.5. The minimum absolute atomic E-state index is 0.0263. The van der Waals surface area contributed by atoms with Gasteiger partial charge < -0.3 is 60.7 Å². The van der Waals surface area contributed by atoms with E-state index in [9.17, 15) is 38.4 Å². The molecule has 0 aliphatic heterocycles. The van der Waals surface area contributed by atoms with Gasteiger partial charge in [-0.15, -0.1) is 0 Å². The summed E-state index contributed by atoms with van der Waals surface area (Å²) in [5.74, 6) is -3.52. The van der Waals surface area contributed by atoms with Crippen LogP contribution >= 0.6 is 0 Å². The fourth-order valence-corrected chi connectivity index (χ4v) is 6.43. The van der Waals surface area contributed by atoms with Gasteiger partial charge in [-0.25, -0.2) is 28.8 Å². The van der Waals surface area contributed by atoms with Crippen LogP contribution in [0.15, 0.2) is 30.3 Å². The lowest BCUT2D eigenvalue weighted by Crippen LogP contribution is -2.53. The Morgan fingerprint density at radius 2 is 0.701 bits per heavy atom. The Hall–Kier alpha value is -5.50. The van der Waals surface area contributed by atoms with Crippen molar-refractivity contribution in [1.29, 1.82) is 0 Å². The van der Waals surface area contributed by atoms with Crippen LogP contribution in [0, 0.1) is 0 Å². The SMILES string of the molecule is CC.CC(C)(C)OC(=O)CC[C@H](NC(=O)N[C@@H](CCCCN)C(=O)OC(C)(C)C)C(=O)OC(C)(C)C.CC(C)(C)OC(=O)CC[C@H](NC(=O)N[C@@H](CCCCNCc1ccccc1)C(=O)OC(C)(C)C)C(=O)OC(C)(C)C. The average Bonchev–Trinajstić information content (AvgIpc) is 3.24. The molecule has 0 radical (unpaired) electrons.